The van der Waals surface area contributed by atoms with E-state index in [0.717, 1.165) is 25.2 Å². The second-order valence-corrected chi connectivity index (χ2v) is 5.09. The summed E-state index contributed by atoms with van der Waals surface area (Å²) in [6.07, 6.45) is 3.95. The predicted octanol–water partition coefficient (Wildman–Crippen LogP) is 2.63. The molecule has 0 unspecified atom stereocenters. The van der Waals surface area contributed by atoms with Gasteiger partial charge >= 0.3 is 0 Å². The van der Waals surface area contributed by atoms with Crippen LogP contribution in [0.1, 0.15) is 21.5 Å². The van der Waals surface area contributed by atoms with Gasteiger partial charge in [0.25, 0.3) is 5.91 Å². The number of hydrogen-bond acceptors (Lipinski definition) is 3. The average molecular weight is 288 g/mol. The van der Waals surface area contributed by atoms with Crippen molar-refractivity contribution < 1.29 is 4.79 Å². The fourth-order valence-corrected chi connectivity index (χ4v) is 2.60. The van der Waals surface area contributed by atoms with Gasteiger partial charge in [0.1, 0.15) is 0 Å². The van der Waals surface area contributed by atoms with Crippen LogP contribution in [-0.4, -0.2) is 17.4 Å². The summed E-state index contributed by atoms with van der Waals surface area (Å²) in [5, 5.41) is 6.63. The van der Waals surface area contributed by atoms with Gasteiger partial charge in [0, 0.05) is 24.6 Å². The van der Waals surface area contributed by atoms with Crippen LogP contribution in [0.15, 0.2) is 36.7 Å². The van der Waals surface area contributed by atoms with E-state index < -0.39 is 0 Å². The number of pyridine rings is 1. The van der Waals surface area contributed by atoms with Gasteiger partial charge in [-0.05, 0) is 36.2 Å². The molecule has 2 aromatic rings. The molecule has 0 spiro atoms. The van der Waals surface area contributed by atoms with E-state index in [2.05, 4.69) is 21.7 Å². The molecular formula is C15H14ClN3O. The lowest BCUT2D eigenvalue weighted by Gasteiger charge is -2.20. The van der Waals surface area contributed by atoms with E-state index in [4.69, 9.17) is 11.6 Å². The Labute approximate surface area is 122 Å². The first kappa shape index (κ1) is 13.1. The number of anilines is 1. The standard InChI is InChI=1S/C15H14ClN3O/c16-13-9-18-7-5-12(13)15(20)19-14-3-1-2-10-8-17-6-4-11(10)14/h1-3,5,7,9,17H,4,6,8H2,(H,19,20). The molecule has 20 heavy (non-hydrogen) atoms. The number of carbonyl (C=O) groups is 1. The molecule has 4 nitrogen and oxygen atoms in total. The Morgan fingerprint density at radius 3 is 3.10 bits per heavy atom. The van der Waals surface area contributed by atoms with Crippen molar-refractivity contribution in [1.29, 1.82) is 0 Å². The van der Waals surface area contributed by atoms with Crippen LogP contribution in [0.2, 0.25) is 5.02 Å². The number of rotatable bonds is 2. The number of aromatic nitrogens is 1. The van der Waals surface area contributed by atoms with Crippen LogP contribution >= 0.6 is 11.6 Å². The van der Waals surface area contributed by atoms with Crippen LogP contribution in [0.25, 0.3) is 0 Å². The highest BCUT2D eigenvalue weighted by Gasteiger charge is 2.16. The smallest absolute Gasteiger partial charge is 0.257 e. The van der Waals surface area contributed by atoms with Crippen molar-refractivity contribution in [3.8, 4) is 0 Å². The maximum absolute atomic E-state index is 12.3. The Balaban J connectivity index is 1.89. The zero-order valence-corrected chi connectivity index (χ0v) is 11.6. The fraction of sp³-hybridized carbons (Fsp3) is 0.200. The zero-order valence-electron chi connectivity index (χ0n) is 10.8. The molecule has 1 aliphatic heterocycles. The molecule has 0 saturated heterocycles. The van der Waals surface area contributed by atoms with Crippen LogP contribution in [0.5, 0.6) is 0 Å². The second kappa shape index (κ2) is 5.61. The lowest BCUT2D eigenvalue weighted by Crippen LogP contribution is -2.25. The molecule has 0 atom stereocenters. The Morgan fingerprint density at radius 2 is 2.25 bits per heavy atom. The van der Waals surface area contributed by atoms with Gasteiger partial charge in [-0.3, -0.25) is 9.78 Å². The molecule has 2 N–H and O–H groups in total. The highest BCUT2D eigenvalue weighted by molar-refractivity contribution is 6.34. The minimum Gasteiger partial charge on any atom is -0.322 e. The maximum Gasteiger partial charge on any atom is 0.257 e. The first-order valence-electron chi connectivity index (χ1n) is 6.48. The van der Waals surface area contributed by atoms with Gasteiger partial charge in [-0.15, -0.1) is 0 Å². The number of halogens is 1. The molecule has 1 aromatic heterocycles. The Hall–Kier alpha value is -1.91. The number of carbonyl (C=O) groups excluding carboxylic acids is 1. The maximum atomic E-state index is 12.3. The third kappa shape index (κ3) is 2.53. The highest BCUT2D eigenvalue weighted by atomic mass is 35.5. The second-order valence-electron chi connectivity index (χ2n) is 4.68. The van der Waals surface area contributed by atoms with Crippen molar-refractivity contribution in [1.82, 2.24) is 10.3 Å². The number of fused-ring (bicyclic) bond motifs is 1. The normalized spacial score (nSPS) is 13.7. The summed E-state index contributed by atoms with van der Waals surface area (Å²) in [5.74, 6) is -0.204. The summed E-state index contributed by atoms with van der Waals surface area (Å²) in [6.45, 7) is 1.77. The first-order chi connectivity index (χ1) is 9.75. The molecule has 1 aliphatic rings. The van der Waals surface area contributed by atoms with E-state index in [1.807, 2.05) is 12.1 Å². The topological polar surface area (TPSA) is 54.0 Å². The Bertz CT molecular complexity index is 657. The summed E-state index contributed by atoms with van der Waals surface area (Å²) < 4.78 is 0. The number of hydrogen-bond donors (Lipinski definition) is 2. The molecule has 0 radical (unpaired) electrons. The van der Waals surface area contributed by atoms with Gasteiger partial charge in [-0.25, -0.2) is 0 Å². The fourth-order valence-electron chi connectivity index (χ4n) is 2.40. The molecule has 0 bridgehead atoms. The van der Waals surface area contributed by atoms with Crippen LogP contribution in [0, 0.1) is 0 Å². The van der Waals surface area contributed by atoms with E-state index in [1.165, 1.54) is 17.3 Å². The predicted molar refractivity (Wildman–Crippen MR) is 79.1 cm³/mol. The minimum atomic E-state index is -0.204. The largest absolute Gasteiger partial charge is 0.322 e. The van der Waals surface area contributed by atoms with E-state index in [0.29, 0.717) is 10.6 Å². The van der Waals surface area contributed by atoms with Crippen LogP contribution in [0.4, 0.5) is 5.69 Å². The highest BCUT2D eigenvalue weighted by Crippen LogP contribution is 2.24. The number of nitrogens with one attached hydrogen (secondary N) is 2. The third-order valence-corrected chi connectivity index (χ3v) is 3.71. The van der Waals surface area contributed by atoms with Gasteiger partial charge in [-0.2, -0.15) is 0 Å². The number of benzene rings is 1. The summed E-state index contributed by atoms with van der Waals surface area (Å²) in [6, 6.07) is 7.58. The average Bonchev–Trinajstić information content (AvgIpc) is 2.48. The van der Waals surface area contributed by atoms with E-state index >= 15 is 0 Å². The van der Waals surface area contributed by atoms with Crippen molar-refractivity contribution in [3.63, 3.8) is 0 Å². The Morgan fingerprint density at radius 1 is 1.35 bits per heavy atom. The molecule has 1 aromatic carbocycles. The monoisotopic (exact) mass is 287 g/mol. The summed E-state index contributed by atoms with van der Waals surface area (Å²) in [5.41, 5.74) is 3.73. The molecule has 0 saturated carbocycles. The third-order valence-electron chi connectivity index (χ3n) is 3.41. The van der Waals surface area contributed by atoms with Gasteiger partial charge in [-0.1, -0.05) is 23.7 Å². The van der Waals surface area contributed by atoms with Crippen molar-refractivity contribution in [3.05, 3.63) is 58.4 Å². The lowest BCUT2D eigenvalue weighted by molar-refractivity contribution is 0.102. The van der Waals surface area contributed by atoms with Gasteiger partial charge in [0.15, 0.2) is 0 Å². The number of nitrogens with zero attached hydrogens (tertiary/aromatic N) is 1. The van der Waals surface area contributed by atoms with Gasteiger partial charge in [0.05, 0.1) is 10.6 Å². The quantitative estimate of drug-likeness (QED) is 0.893. The van der Waals surface area contributed by atoms with Crippen molar-refractivity contribution in [2.24, 2.45) is 0 Å². The van der Waals surface area contributed by atoms with Crippen LogP contribution < -0.4 is 10.6 Å². The van der Waals surface area contributed by atoms with Gasteiger partial charge < -0.3 is 10.6 Å². The molecule has 102 valence electrons. The zero-order chi connectivity index (χ0) is 13.9. The summed E-state index contributed by atoms with van der Waals surface area (Å²) >= 11 is 6.00. The lowest BCUT2D eigenvalue weighted by atomic mass is 9.99. The molecule has 0 fully saturated rings. The number of amides is 1. The summed E-state index contributed by atoms with van der Waals surface area (Å²) in [4.78, 5) is 16.2. The SMILES string of the molecule is O=C(Nc1cccc2c1CCNC2)c1ccncc1Cl. The summed E-state index contributed by atoms with van der Waals surface area (Å²) in [7, 11) is 0. The van der Waals surface area contributed by atoms with Crippen molar-refractivity contribution in [2.75, 3.05) is 11.9 Å². The first-order valence-corrected chi connectivity index (χ1v) is 6.86. The van der Waals surface area contributed by atoms with Gasteiger partial charge in [0.2, 0.25) is 0 Å². The van der Waals surface area contributed by atoms with Crippen molar-refractivity contribution >= 4 is 23.2 Å². The van der Waals surface area contributed by atoms with E-state index in [1.54, 1.807) is 12.3 Å². The van der Waals surface area contributed by atoms with E-state index in [-0.39, 0.29) is 5.91 Å². The minimum absolute atomic E-state index is 0.204. The Kier molecular flexibility index (Phi) is 3.67. The molecule has 1 amide bonds. The van der Waals surface area contributed by atoms with Crippen LogP contribution in [-0.2, 0) is 13.0 Å². The van der Waals surface area contributed by atoms with Crippen molar-refractivity contribution in [2.45, 2.75) is 13.0 Å². The molecule has 2 heterocycles. The molecule has 5 heteroatoms. The molecular weight excluding hydrogens is 274 g/mol. The van der Waals surface area contributed by atoms with E-state index in [9.17, 15) is 4.79 Å². The van der Waals surface area contributed by atoms with Crippen LogP contribution in [0.3, 0.4) is 0 Å². The molecule has 3 rings (SSSR count). The molecule has 0 aliphatic carbocycles.